The molecule has 0 unspecified atom stereocenters. The second-order valence-electron chi connectivity index (χ2n) is 4.19. The predicted molar refractivity (Wildman–Crippen MR) is 64.8 cm³/mol. The molecule has 0 saturated carbocycles. The number of carbonyl (C=O) groups is 1. The number of piperidine rings is 1. The summed E-state index contributed by atoms with van der Waals surface area (Å²) in [7, 11) is 0. The lowest BCUT2D eigenvalue weighted by molar-refractivity contribution is 0.0546. The van der Waals surface area contributed by atoms with Crippen molar-refractivity contribution in [2.75, 3.05) is 13.1 Å². The van der Waals surface area contributed by atoms with E-state index in [4.69, 9.17) is 0 Å². The summed E-state index contributed by atoms with van der Waals surface area (Å²) in [5.74, 6) is -0.680. The summed E-state index contributed by atoms with van der Waals surface area (Å²) >= 11 is 3.92. The van der Waals surface area contributed by atoms with Gasteiger partial charge in [0.1, 0.15) is 5.82 Å². The molecule has 0 aliphatic carbocycles. The number of benzene rings is 1. The standard InChI is InChI=1S/C12H14FNO2S/c13-10-7-8(1-2-11(10)17)12(16)14-5-3-9(15)4-6-14/h1-2,7,9,15,17H,3-6H2. The summed E-state index contributed by atoms with van der Waals surface area (Å²) in [5, 5.41) is 9.35. The molecule has 3 nitrogen and oxygen atoms in total. The smallest absolute Gasteiger partial charge is 0.253 e. The van der Waals surface area contributed by atoms with E-state index in [0.717, 1.165) is 0 Å². The van der Waals surface area contributed by atoms with Crippen LogP contribution in [0.15, 0.2) is 23.1 Å². The fraction of sp³-hybridized carbons (Fsp3) is 0.417. The average Bonchev–Trinajstić information content (AvgIpc) is 2.33. The van der Waals surface area contributed by atoms with Crippen molar-refractivity contribution in [1.82, 2.24) is 4.90 Å². The number of carbonyl (C=O) groups excluding carboxylic acids is 1. The third-order valence-corrected chi connectivity index (χ3v) is 3.31. The number of aliphatic hydroxyl groups is 1. The number of aliphatic hydroxyl groups excluding tert-OH is 1. The lowest BCUT2D eigenvalue weighted by Crippen LogP contribution is -2.40. The van der Waals surface area contributed by atoms with Gasteiger partial charge in [-0.15, -0.1) is 12.6 Å². The van der Waals surface area contributed by atoms with Gasteiger partial charge in [-0.25, -0.2) is 4.39 Å². The molecule has 1 aromatic carbocycles. The zero-order valence-electron chi connectivity index (χ0n) is 9.27. The Balaban J connectivity index is 2.11. The van der Waals surface area contributed by atoms with Crippen LogP contribution in [0.4, 0.5) is 4.39 Å². The molecule has 1 saturated heterocycles. The number of halogens is 1. The second kappa shape index (κ2) is 5.06. The van der Waals surface area contributed by atoms with Gasteiger partial charge >= 0.3 is 0 Å². The maximum Gasteiger partial charge on any atom is 0.253 e. The van der Waals surface area contributed by atoms with Crippen molar-refractivity contribution in [3.63, 3.8) is 0 Å². The van der Waals surface area contributed by atoms with E-state index >= 15 is 0 Å². The minimum Gasteiger partial charge on any atom is -0.393 e. The SMILES string of the molecule is O=C(c1ccc(S)c(F)c1)N1CCC(O)CC1. The fourth-order valence-corrected chi connectivity index (χ4v) is 2.03. The summed E-state index contributed by atoms with van der Waals surface area (Å²) in [6.45, 7) is 1.04. The van der Waals surface area contributed by atoms with Crippen molar-refractivity contribution in [2.45, 2.75) is 23.8 Å². The van der Waals surface area contributed by atoms with Crippen LogP contribution in [0.25, 0.3) is 0 Å². The van der Waals surface area contributed by atoms with Gasteiger partial charge in [0.25, 0.3) is 5.91 Å². The van der Waals surface area contributed by atoms with Crippen LogP contribution in [-0.4, -0.2) is 35.1 Å². The molecular formula is C12H14FNO2S. The highest BCUT2D eigenvalue weighted by Crippen LogP contribution is 2.17. The van der Waals surface area contributed by atoms with Crippen LogP contribution in [0.1, 0.15) is 23.2 Å². The highest BCUT2D eigenvalue weighted by molar-refractivity contribution is 7.80. The van der Waals surface area contributed by atoms with Gasteiger partial charge in [0, 0.05) is 23.5 Å². The molecule has 1 N–H and O–H groups in total. The third kappa shape index (κ3) is 2.79. The minimum atomic E-state index is -0.490. The van der Waals surface area contributed by atoms with E-state index in [-0.39, 0.29) is 16.9 Å². The Morgan fingerprint density at radius 1 is 1.41 bits per heavy atom. The molecule has 5 heteroatoms. The molecule has 0 atom stereocenters. The topological polar surface area (TPSA) is 40.5 Å². The van der Waals surface area contributed by atoms with Crippen LogP contribution in [0.5, 0.6) is 0 Å². The molecule has 2 rings (SSSR count). The quantitative estimate of drug-likeness (QED) is 0.750. The molecule has 1 aliphatic rings. The second-order valence-corrected chi connectivity index (χ2v) is 4.67. The van der Waals surface area contributed by atoms with Gasteiger partial charge in [-0.3, -0.25) is 4.79 Å². The molecule has 1 fully saturated rings. The Morgan fingerprint density at radius 3 is 2.65 bits per heavy atom. The van der Waals surface area contributed by atoms with Crippen LogP contribution >= 0.6 is 12.6 Å². The maximum absolute atomic E-state index is 13.3. The molecule has 0 bridgehead atoms. The van der Waals surface area contributed by atoms with E-state index in [1.807, 2.05) is 0 Å². The summed E-state index contributed by atoms with van der Waals surface area (Å²) < 4.78 is 13.3. The van der Waals surface area contributed by atoms with Gasteiger partial charge in [-0.2, -0.15) is 0 Å². The summed E-state index contributed by atoms with van der Waals surface area (Å²) in [6, 6.07) is 4.25. The van der Waals surface area contributed by atoms with Gasteiger partial charge < -0.3 is 10.0 Å². The monoisotopic (exact) mass is 255 g/mol. The number of thiol groups is 1. The minimum absolute atomic E-state index is 0.191. The number of hydrogen-bond acceptors (Lipinski definition) is 3. The van der Waals surface area contributed by atoms with Crippen molar-refractivity contribution in [1.29, 1.82) is 0 Å². The molecule has 17 heavy (non-hydrogen) atoms. The first kappa shape index (κ1) is 12.4. The van der Waals surface area contributed by atoms with Crippen LogP contribution in [0.2, 0.25) is 0 Å². The molecular weight excluding hydrogens is 241 g/mol. The third-order valence-electron chi connectivity index (χ3n) is 2.95. The van der Waals surface area contributed by atoms with Gasteiger partial charge in [0.15, 0.2) is 0 Å². The number of amides is 1. The van der Waals surface area contributed by atoms with Crippen molar-refractivity contribution in [3.8, 4) is 0 Å². The highest BCUT2D eigenvalue weighted by Gasteiger charge is 2.22. The molecule has 0 radical (unpaired) electrons. The number of hydrogen-bond donors (Lipinski definition) is 2. The van der Waals surface area contributed by atoms with Gasteiger partial charge in [0.05, 0.1) is 6.10 Å². The zero-order valence-corrected chi connectivity index (χ0v) is 10.2. The molecule has 1 heterocycles. The van der Waals surface area contributed by atoms with Gasteiger partial charge in [-0.05, 0) is 31.0 Å². The summed E-state index contributed by atoms with van der Waals surface area (Å²) in [6.07, 6.45) is 0.841. The number of likely N-dealkylation sites (tertiary alicyclic amines) is 1. The average molecular weight is 255 g/mol. The Kier molecular flexibility index (Phi) is 3.69. The van der Waals surface area contributed by atoms with Gasteiger partial charge in [-0.1, -0.05) is 0 Å². The van der Waals surface area contributed by atoms with Crippen molar-refractivity contribution >= 4 is 18.5 Å². The van der Waals surface area contributed by atoms with E-state index in [1.54, 1.807) is 11.0 Å². The lowest BCUT2D eigenvalue weighted by Gasteiger charge is -2.29. The first-order valence-electron chi connectivity index (χ1n) is 5.54. The van der Waals surface area contributed by atoms with E-state index in [2.05, 4.69) is 12.6 Å². The zero-order chi connectivity index (χ0) is 12.4. The van der Waals surface area contributed by atoms with E-state index in [0.29, 0.717) is 31.5 Å². The Hall–Kier alpha value is -1.07. The summed E-state index contributed by atoms with van der Waals surface area (Å²) in [4.78, 5) is 13.9. The van der Waals surface area contributed by atoms with E-state index in [1.165, 1.54) is 12.1 Å². The van der Waals surface area contributed by atoms with Crippen LogP contribution in [-0.2, 0) is 0 Å². The van der Waals surface area contributed by atoms with E-state index < -0.39 is 5.82 Å². The van der Waals surface area contributed by atoms with Gasteiger partial charge in [0.2, 0.25) is 0 Å². The lowest BCUT2D eigenvalue weighted by atomic mass is 10.1. The molecule has 1 aromatic rings. The first-order valence-corrected chi connectivity index (χ1v) is 5.98. The predicted octanol–water partition coefficient (Wildman–Crippen LogP) is 1.71. The highest BCUT2D eigenvalue weighted by atomic mass is 32.1. The van der Waals surface area contributed by atoms with E-state index in [9.17, 15) is 14.3 Å². The van der Waals surface area contributed by atoms with Crippen molar-refractivity contribution in [2.24, 2.45) is 0 Å². The largest absolute Gasteiger partial charge is 0.393 e. The Labute approximate surface area is 105 Å². The Morgan fingerprint density at radius 2 is 2.06 bits per heavy atom. The maximum atomic E-state index is 13.3. The first-order chi connectivity index (χ1) is 8.08. The number of nitrogens with zero attached hydrogens (tertiary/aromatic N) is 1. The fourth-order valence-electron chi connectivity index (χ4n) is 1.89. The van der Waals surface area contributed by atoms with Crippen molar-refractivity contribution in [3.05, 3.63) is 29.6 Å². The molecule has 0 spiro atoms. The van der Waals surface area contributed by atoms with Crippen LogP contribution in [0.3, 0.4) is 0 Å². The van der Waals surface area contributed by atoms with Crippen molar-refractivity contribution < 1.29 is 14.3 Å². The molecule has 1 amide bonds. The number of rotatable bonds is 1. The normalized spacial score (nSPS) is 17.2. The molecule has 92 valence electrons. The Bertz CT molecular complexity index is 431. The molecule has 1 aliphatic heterocycles. The summed E-state index contributed by atoms with van der Waals surface area (Å²) in [5.41, 5.74) is 0.330. The van der Waals surface area contributed by atoms with Crippen LogP contribution < -0.4 is 0 Å². The van der Waals surface area contributed by atoms with Crippen LogP contribution in [0, 0.1) is 5.82 Å². The molecule has 0 aromatic heterocycles.